The van der Waals surface area contributed by atoms with Crippen molar-refractivity contribution < 1.29 is 19.6 Å². The van der Waals surface area contributed by atoms with Gasteiger partial charge in [-0.1, -0.05) is 0 Å². The Labute approximate surface area is 97.2 Å². The van der Waals surface area contributed by atoms with Gasteiger partial charge in [-0.2, -0.15) is 0 Å². The molecule has 1 rings (SSSR count). The minimum Gasteiger partial charge on any atom is -0.496 e. The second kappa shape index (κ2) is 5.80. The number of carbonyl (C=O) groups is 1. The van der Waals surface area contributed by atoms with E-state index in [0.29, 0.717) is 0 Å². The molecule has 7 heteroatoms. The van der Waals surface area contributed by atoms with Crippen molar-refractivity contribution in [1.29, 1.82) is 0 Å². The van der Waals surface area contributed by atoms with Gasteiger partial charge in [0.15, 0.2) is 0 Å². The molecular formula is C10H12N2O5. The van der Waals surface area contributed by atoms with Gasteiger partial charge in [0.25, 0.3) is 11.6 Å². The van der Waals surface area contributed by atoms with Crippen LogP contribution in [0.15, 0.2) is 18.2 Å². The Morgan fingerprint density at radius 1 is 1.53 bits per heavy atom. The van der Waals surface area contributed by atoms with Crippen LogP contribution in [-0.4, -0.2) is 36.2 Å². The molecule has 0 saturated carbocycles. The number of hydrogen-bond donors (Lipinski definition) is 2. The maximum Gasteiger partial charge on any atom is 0.273 e. The highest BCUT2D eigenvalue weighted by Gasteiger charge is 2.14. The van der Waals surface area contributed by atoms with Crippen LogP contribution in [0.1, 0.15) is 10.4 Å². The molecule has 0 heterocycles. The van der Waals surface area contributed by atoms with Gasteiger partial charge in [-0.05, 0) is 6.07 Å². The predicted octanol–water partition coefficient (Wildman–Crippen LogP) is 0.325. The first kappa shape index (κ1) is 12.9. The van der Waals surface area contributed by atoms with Crippen molar-refractivity contribution in [3.8, 4) is 5.75 Å². The van der Waals surface area contributed by atoms with E-state index in [1.54, 1.807) is 0 Å². The Morgan fingerprint density at radius 2 is 2.24 bits per heavy atom. The summed E-state index contributed by atoms with van der Waals surface area (Å²) in [4.78, 5) is 21.6. The van der Waals surface area contributed by atoms with E-state index in [0.717, 1.165) is 6.07 Å². The fraction of sp³-hybridized carbons (Fsp3) is 0.300. The van der Waals surface area contributed by atoms with Crippen LogP contribution in [-0.2, 0) is 0 Å². The molecular weight excluding hydrogens is 228 g/mol. The Balaban J connectivity index is 3.02. The summed E-state index contributed by atoms with van der Waals surface area (Å²) < 4.78 is 4.87. The highest BCUT2D eigenvalue weighted by molar-refractivity contribution is 5.95. The molecule has 92 valence electrons. The van der Waals surface area contributed by atoms with E-state index in [1.165, 1.54) is 19.2 Å². The summed E-state index contributed by atoms with van der Waals surface area (Å²) in [5.41, 5.74) is -0.108. The van der Waals surface area contributed by atoms with Crippen LogP contribution < -0.4 is 10.1 Å². The van der Waals surface area contributed by atoms with Gasteiger partial charge in [-0.15, -0.1) is 0 Å². The SMILES string of the molecule is COc1cc(C(=O)NCCO)cc([N+](=O)[O-])c1. The van der Waals surface area contributed by atoms with Crippen LogP contribution in [0.3, 0.4) is 0 Å². The van der Waals surface area contributed by atoms with Gasteiger partial charge in [0.05, 0.1) is 24.7 Å². The van der Waals surface area contributed by atoms with Crippen molar-refractivity contribution >= 4 is 11.6 Å². The second-order valence-corrected chi connectivity index (χ2v) is 3.16. The number of nitro benzene ring substituents is 1. The van der Waals surface area contributed by atoms with Gasteiger partial charge in [-0.3, -0.25) is 14.9 Å². The number of amides is 1. The lowest BCUT2D eigenvalue weighted by atomic mass is 10.1. The highest BCUT2D eigenvalue weighted by Crippen LogP contribution is 2.22. The van der Waals surface area contributed by atoms with Gasteiger partial charge < -0.3 is 15.2 Å². The lowest BCUT2D eigenvalue weighted by Gasteiger charge is -2.05. The van der Waals surface area contributed by atoms with Gasteiger partial charge in [0.2, 0.25) is 0 Å². The summed E-state index contributed by atoms with van der Waals surface area (Å²) in [7, 11) is 1.36. The van der Waals surface area contributed by atoms with E-state index in [4.69, 9.17) is 9.84 Å². The van der Waals surface area contributed by atoms with Gasteiger partial charge >= 0.3 is 0 Å². The van der Waals surface area contributed by atoms with E-state index in [2.05, 4.69) is 5.32 Å². The maximum atomic E-state index is 11.5. The third-order valence-corrected chi connectivity index (χ3v) is 2.00. The number of methoxy groups -OCH3 is 1. The average Bonchev–Trinajstić information content (AvgIpc) is 2.35. The first-order chi connectivity index (χ1) is 8.08. The quantitative estimate of drug-likeness (QED) is 0.570. The molecule has 17 heavy (non-hydrogen) atoms. The number of nitrogens with one attached hydrogen (secondary N) is 1. The molecule has 0 aromatic heterocycles. The number of nitrogens with zero attached hydrogens (tertiary/aromatic N) is 1. The molecule has 0 fully saturated rings. The largest absolute Gasteiger partial charge is 0.496 e. The third kappa shape index (κ3) is 3.42. The summed E-state index contributed by atoms with van der Waals surface area (Å²) in [6.45, 7) is -0.109. The molecule has 0 bridgehead atoms. The molecule has 1 amide bonds. The fourth-order valence-corrected chi connectivity index (χ4v) is 1.21. The molecule has 0 aliphatic heterocycles. The Morgan fingerprint density at radius 3 is 2.76 bits per heavy atom. The molecule has 7 nitrogen and oxygen atoms in total. The van der Waals surface area contributed by atoms with Crippen molar-refractivity contribution in [2.24, 2.45) is 0 Å². The van der Waals surface area contributed by atoms with Crippen LogP contribution >= 0.6 is 0 Å². The first-order valence-corrected chi connectivity index (χ1v) is 4.81. The van der Waals surface area contributed by atoms with Crippen molar-refractivity contribution in [1.82, 2.24) is 5.32 Å². The van der Waals surface area contributed by atoms with Crippen molar-refractivity contribution in [3.05, 3.63) is 33.9 Å². The first-order valence-electron chi connectivity index (χ1n) is 4.81. The van der Waals surface area contributed by atoms with Crippen LogP contribution in [0.5, 0.6) is 5.75 Å². The van der Waals surface area contributed by atoms with Crippen molar-refractivity contribution in [3.63, 3.8) is 0 Å². The van der Waals surface area contributed by atoms with E-state index in [9.17, 15) is 14.9 Å². The third-order valence-electron chi connectivity index (χ3n) is 2.00. The van der Waals surface area contributed by atoms with Crippen molar-refractivity contribution in [2.75, 3.05) is 20.3 Å². The number of rotatable bonds is 5. The topological polar surface area (TPSA) is 102 Å². The van der Waals surface area contributed by atoms with E-state index in [1.807, 2.05) is 0 Å². The van der Waals surface area contributed by atoms with E-state index < -0.39 is 10.8 Å². The monoisotopic (exact) mass is 240 g/mol. The molecule has 0 atom stereocenters. The van der Waals surface area contributed by atoms with Gasteiger partial charge in [0, 0.05) is 18.2 Å². The number of non-ortho nitro benzene ring substituents is 1. The highest BCUT2D eigenvalue weighted by atomic mass is 16.6. The number of ether oxygens (including phenoxy) is 1. The predicted molar refractivity (Wildman–Crippen MR) is 59.1 cm³/mol. The van der Waals surface area contributed by atoms with Gasteiger partial charge in [0.1, 0.15) is 5.75 Å². The molecule has 1 aromatic carbocycles. The van der Waals surface area contributed by atoms with Gasteiger partial charge in [-0.25, -0.2) is 0 Å². The second-order valence-electron chi connectivity index (χ2n) is 3.16. The summed E-state index contributed by atoms with van der Waals surface area (Å²) >= 11 is 0. The van der Waals surface area contributed by atoms with Crippen LogP contribution in [0.2, 0.25) is 0 Å². The van der Waals surface area contributed by atoms with E-state index >= 15 is 0 Å². The molecule has 0 aliphatic carbocycles. The average molecular weight is 240 g/mol. The zero-order chi connectivity index (χ0) is 12.8. The molecule has 0 aliphatic rings. The zero-order valence-electron chi connectivity index (χ0n) is 9.17. The summed E-state index contributed by atoms with van der Waals surface area (Å²) in [5, 5.41) is 21.6. The van der Waals surface area contributed by atoms with E-state index in [-0.39, 0.29) is 30.2 Å². The molecule has 0 radical (unpaired) electrons. The summed E-state index contributed by atoms with van der Waals surface area (Å²) in [6.07, 6.45) is 0. The maximum absolute atomic E-state index is 11.5. The zero-order valence-corrected chi connectivity index (χ0v) is 9.17. The number of hydrogen-bond acceptors (Lipinski definition) is 5. The summed E-state index contributed by atoms with van der Waals surface area (Å²) in [5.74, 6) is -0.269. The van der Waals surface area contributed by atoms with Crippen molar-refractivity contribution in [2.45, 2.75) is 0 Å². The number of aliphatic hydroxyl groups excluding tert-OH is 1. The minimum absolute atomic E-state index is 0.0871. The normalized spacial score (nSPS) is 9.76. The Bertz CT molecular complexity index is 433. The lowest BCUT2D eigenvalue weighted by molar-refractivity contribution is -0.385. The molecule has 0 spiro atoms. The Hall–Kier alpha value is -2.15. The molecule has 0 saturated heterocycles. The minimum atomic E-state index is -0.606. The molecule has 0 unspecified atom stereocenters. The number of benzene rings is 1. The molecule has 2 N–H and O–H groups in total. The Kier molecular flexibility index (Phi) is 4.41. The van der Waals surface area contributed by atoms with Crippen LogP contribution in [0.25, 0.3) is 0 Å². The lowest BCUT2D eigenvalue weighted by Crippen LogP contribution is -2.26. The number of nitro groups is 1. The smallest absolute Gasteiger partial charge is 0.273 e. The number of aliphatic hydroxyl groups is 1. The van der Waals surface area contributed by atoms with Crippen LogP contribution in [0.4, 0.5) is 5.69 Å². The fourth-order valence-electron chi connectivity index (χ4n) is 1.21. The standard InChI is InChI=1S/C10H12N2O5/c1-17-9-5-7(10(14)11-2-3-13)4-8(6-9)12(15)16/h4-6,13H,2-3H2,1H3,(H,11,14). The number of carbonyl (C=O) groups excluding carboxylic acids is 1. The molecule has 1 aromatic rings. The summed E-state index contributed by atoms with van der Waals surface area (Å²) in [6, 6.07) is 3.76. The van der Waals surface area contributed by atoms with Crippen LogP contribution in [0, 0.1) is 10.1 Å².